The second-order valence-electron chi connectivity index (χ2n) is 5.46. The molecule has 2 atom stereocenters. The third kappa shape index (κ3) is 3.25. The highest BCUT2D eigenvalue weighted by atomic mass is 35.5. The van der Waals surface area contributed by atoms with Gasteiger partial charge in [0.25, 0.3) is 5.91 Å². The number of thiophene rings is 1. The van der Waals surface area contributed by atoms with Gasteiger partial charge in [-0.1, -0.05) is 29.8 Å². The minimum atomic E-state index is -0.237. The van der Waals surface area contributed by atoms with Crippen molar-refractivity contribution in [2.75, 3.05) is 13.2 Å². The highest BCUT2D eigenvalue weighted by Gasteiger charge is 2.32. The molecule has 0 bridgehead atoms. The monoisotopic (exact) mass is 346 g/mol. The number of halogens is 1. The van der Waals surface area contributed by atoms with Gasteiger partial charge in [0.1, 0.15) is 12.2 Å². The normalized spacial score (nSPS) is 21.0. The number of hydrogen-bond donors (Lipinski definition) is 0. The Balaban J connectivity index is 1.82. The van der Waals surface area contributed by atoms with Crippen molar-refractivity contribution < 1.29 is 9.53 Å². The van der Waals surface area contributed by atoms with Crippen LogP contribution >= 0.6 is 22.9 Å². The molecule has 2 heterocycles. The number of morpholine rings is 1. The zero-order valence-electron chi connectivity index (χ0n) is 12.5. The first kappa shape index (κ1) is 16.0. The van der Waals surface area contributed by atoms with Gasteiger partial charge in [0.05, 0.1) is 29.6 Å². The average molecular weight is 347 g/mol. The molecule has 6 heteroatoms. The maximum Gasteiger partial charge on any atom is 0.264 e. The molecule has 23 heavy (non-hydrogen) atoms. The van der Waals surface area contributed by atoms with E-state index in [-0.39, 0.29) is 18.1 Å². The molecule has 2 aromatic rings. The van der Waals surface area contributed by atoms with E-state index in [1.54, 1.807) is 16.3 Å². The number of rotatable bonds is 2. The number of carbonyl (C=O) groups is 1. The van der Waals surface area contributed by atoms with Crippen LogP contribution in [0.2, 0.25) is 5.02 Å². The van der Waals surface area contributed by atoms with Crippen molar-refractivity contribution >= 4 is 28.8 Å². The van der Waals surface area contributed by atoms with Crippen LogP contribution in [-0.4, -0.2) is 30.0 Å². The molecule has 0 radical (unpaired) electrons. The van der Waals surface area contributed by atoms with E-state index < -0.39 is 0 Å². The number of hydrogen-bond acceptors (Lipinski definition) is 4. The van der Waals surface area contributed by atoms with E-state index in [2.05, 4.69) is 6.07 Å². The summed E-state index contributed by atoms with van der Waals surface area (Å²) in [5.74, 6) is -0.0654. The van der Waals surface area contributed by atoms with Gasteiger partial charge in [-0.25, -0.2) is 0 Å². The van der Waals surface area contributed by atoms with Gasteiger partial charge in [-0.3, -0.25) is 4.79 Å². The fourth-order valence-electron chi connectivity index (χ4n) is 2.61. The molecule has 1 saturated heterocycles. The first-order chi connectivity index (χ1) is 11.1. The number of carbonyl (C=O) groups excluding carboxylic acids is 1. The first-order valence-corrected chi connectivity index (χ1v) is 8.51. The lowest BCUT2D eigenvalue weighted by molar-refractivity contribution is -0.0484. The summed E-state index contributed by atoms with van der Waals surface area (Å²) >= 11 is 7.54. The maximum atomic E-state index is 12.7. The molecule has 0 saturated carbocycles. The lowest BCUT2D eigenvalue weighted by Gasteiger charge is -2.38. The molecule has 1 aliphatic rings. The van der Waals surface area contributed by atoms with Crippen LogP contribution in [0.4, 0.5) is 0 Å². The Morgan fingerprint density at radius 1 is 1.48 bits per heavy atom. The number of benzene rings is 1. The van der Waals surface area contributed by atoms with Crippen LogP contribution in [-0.2, 0) is 4.74 Å². The van der Waals surface area contributed by atoms with Crippen molar-refractivity contribution in [3.05, 3.63) is 56.7 Å². The van der Waals surface area contributed by atoms with Crippen molar-refractivity contribution in [1.29, 1.82) is 5.26 Å². The zero-order valence-corrected chi connectivity index (χ0v) is 14.1. The van der Waals surface area contributed by atoms with Crippen LogP contribution in [0.15, 0.2) is 35.7 Å². The Morgan fingerprint density at radius 2 is 2.26 bits per heavy atom. The molecule has 0 N–H and O–H groups in total. The van der Waals surface area contributed by atoms with E-state index in [9.17, 15) is 4.79 Å². The van der Waals surface area contributed by atoms with Crippen LogP contribution in [0.3, 0.4) is 0 Å². The van der Waals surface area contributed by atoms with Gasteiger partial charge in [-0.05, 0) is 19.1 Å². The van der Waals surface area contributed by atoms with E-state index in [4.69, 9.17) is 21.6 Å². The lowest BCUT2D eigenvalue weighted by Crippen LogP contribution is -2.48. The Labute approximate surface area is 143 Å². The predicted octanol–water partition coefficient (Wildman–Crippen LogP) is 3.88. The summed E-state index contributed by atoms with van der Waals surface area (Å²) in [6.45, 7) is 2.86. The molecule has 118 valence electrons. The van der Waals surface area contributed by atoms with Crippen molar-refractivity contribution in [1.82, 2.24) is 4.90 Å². The Hall–Kier alpha value is -1.87. The second kappa shape index (κ2) is 6.71. The van der Waals surface area contributed by atoms with Gasteiger partial charge < -0.3 is 9.64 Å². The summed E-state index contributed by atoms with van der Waals surface area (Å²) in [6, 6.07) is 11.2. The van der Waals surface area contributed by atoms with E-state index in [1.165, 1.54) is 11.3 Å². The van der Waals surface area contributed by atoms with Crippen molar-refractivity contribution in [3.8, 4) is 6.07 Å². The number of nitrogens with zero attached hydrogens (tertiary/aromatic N) is 2. The smallest absolute Gasteiger partial charge is 0.264 e. The Kier molecular flexibility index (Phi) is 4.67. The summed E-state index contributed by atoms with van der Waals surface area (Å²) in [7, 11) is 0. The summed E-state index contributed by atoms with van der Waals surface area (Å²) in [4.78, 5) is 15.1. The van der Waals surface area contributed by atoms with Gasteiger partial charge in [0.15, 0.2) is 0 Å². The molecule has 1 aromatic heterocycles. The molecular formula is C17H15ClN2O2S. The number of ether oxygens (including phenoxy) is 1. The van der Waals surface area contributed by atoms with Crippen LogP contribution in [0.25, 0.3) is 0 Å². The minimum absolute atomic E-state index is 0.0196. The van der Waals surface area contributed by atoms with Crippen LogP contribution < -0.4 is 0 Å². The molecule has 1 aromatic carbocycles. The van der Waals surface area contributed by atoms with E-state index in [1.807, 2.05) is 31.2 Å². The zero-order chi connectivity index (χ0) is 16.4. The average Bonchev–Trinajstić information content (AvgIpc) is 3.04. The molecule has 1 amide bonds. The Bertz CT molecular complexity index is 768. The lowest BCUT2D eigenvalue weighted by atomic mass is 10.1. The number of amides is 1. The molecular weight excluding hydrogens is 332 g/mol. The highest BCUT2D eigenvalue weighted by Crippen LogP contribution is 2.31. The summed E-state index contributed by atoms with van der Waals surface area (Å²) in [5.41, 5.74) is 1.41. The predicted molar refractivity (Wildman–Crippen MR) is 89.7 cm³/mol. The third-order valence-corrected chi connectivity index (χ3v) is 5.15. The van der Waals surface area contributed by atoms with Crippen molar-refractivity contribution in [2.24, 2.45) is 0 Å². The van der Waals surface area contributed by atoms with Gasteiger partial charge in [-0.2, -0.15) is 5.26 Å². The quantitative estimate of drug-likeness (QED) is 0.829. The third-order valence-electron chi connectivity index (χ3n) is 3.89. The Morgan fingerprint density at radius 3 is 2.96 bits per heavy atom. The summed E-state index contributed by atoms with van der Waals surface area (Å²) in [6.07, 6.45) is -0.237. The van der Waals surface area contributed by atoms with E-state index in [0.717, 1.165) is 5.56 Å². The SMILES string of the molecule is C[C@H]1CO[C@@H](c2ccccc2Cl)CN1C(=O)c1cc(C#N)cs1. The van der Waals surface area contributed by atoms with Gasteiger partial charge >= 0.3 is 0 Å². The van der Waals surface area contributed by atoms with Crippen molar-refractivity contribution in [3.63, 3.8) is 0 Å². The standard InChI is InChI=1S/C17H15ClN2O2S/c1-11-9-22-15(13-4-2-3-5-14(13)18)8-20(11)17(21)16-6-12(7-19)10-23-16/h2-6,10-11,15H,8-9H2,1H3/t11-,15+/m0/s1. The van der Waals surface area contributed by atoms with E-state index in [0.29, 0.717) is 28.6 Å². The fraction of sp³-hybridized carbons (Fsp3) is 0.294. The summed E-state index contributed by atoms with van der Waals surface area (Å²) < 4.78 is 5.87. The van der Waals surface area contributed by atoms with Crippen LogP contribution in [0, 0.1) is 11.3 Å². The van der Waals surface area contributed by atoms with Gasteiger partial charge in [0, 0.05) is 16.0 Å². The summed E-state index contributed by atoms with van der Waals surface area (Å²) in [5, 5.41) is 11.3. The molecule has 4 nitrogen and oxygen atoms in total. The second-order valence-corrected chi connectivity index (χ2v) is 6.78. The van der Waals surface area contributed by atoms with E-state index >= 15 is 0 Å². The minimum Gasteiger partial charge on any atom is -0.369 e. The highest BCUT2D eigenvalue weighted by molar-refractivity contribution is 7.12. The molecule has 0 aliphatic carbocycles. The largest absolute Gasteiger partial charge is 0.369 e. The molecule has 0 unspecified atom stereocenters. The number of nitriles is 1. The molecule has 0 spiro atoms. The molecule has 1 aliphatic heterocycles. The molecule has 1 fully saturated rings. The molecule has 3 rings (SSSR count). The first-order valence-electron chi connectivity index (χ1n) is 7.25. The van der Waals surface area contributed by atoms with Gasteiger partial charge in [-0.15, -0.1) is 11.3 Å². The topological polar surface area (TPSA) is 53.3 Å². The van der Waals surface area contributed by atoms with Crippen LogP contribution in [0.5, 0.6) is 0 Å². The van der Waals surface area contributed by atoms with Crippen molar-refractivity contribution in [2.45, 2.75) is 19.1 Å². The van der Waals surface area contributed by atoms with Crippen LogP contribution in [0.1, 0.15) is 33.8 Å². The maximum absolute atomic E-state index is 12.7. The van der Waals surface area contributed by atoms with Gasteiger partial charge in [0.2, 0.25) is 0 Å². The fourth-order valence-corrected chi connectivity index (χ4v) is 3.66.